The van der Waals surface area contributed by atoms with Crippen LogP contribution in [0, 0.1) is 0 Å². The van der Waals surface area contributed by atoms with E-state index in [9.17, 15) is 0 Å². The van der Waals surface area contributed by atoms with Crippen LogP contribution in [0.5, 0.6) is 0 Å². The smallest absolute Gasteiger partial charge is 0.284 e. The van der Waals surface area contributed by atoms with Crippen molar-refractivity contribution in [1.29, 1.82) is 0 Å². The summed E-state index contributed by atoms with van der Waals surface area (Å²) in [4.78, 5) is 0. The van der Waals surface area contributed by atoms with E-state index in [1.54, 1.807) is 0 Å². The Hall–Kier alpha value is 0.1000. The SMILES string of the molecule is C=CCl.O=S(O)O. The van der Waals surface area contributed by atoms with E-state index in [0.717, 1.165) is 0 Å². The zero-order chi connectivity index (χ0) is 6.28. The van der Waals surface area contributed by atoms with Gasteiger partial charge in [0.1, 0.15) is 0 Å². The first-order chi connectivity index (χ1) is 3.15. The van der Waals surface area contributed by atoms with Crippen LogP contribution in [0.15, 0.2) is 12.1 Å². The summed E-state index contributed by atoms with van der Waals surface area (Å²) in [7, 11) is 0. The van der Waals surface area contributed by atoms with Crippen LogP contribution < -0.4 is 0 Å². The molecule has 0 rings (SSSR count). The number of hydrogen-bond acceptors (Lipinski definition) is 1. The third-order valence-electron chi connectivity index (χ3n) is 0. The van der Waals surface area contributed by atoms with Crippen LogP contribution in [0.2, 0.25) is 0 Å². The zero-order valence-electron chi connectivity index (χ0n) is 3.37. The van der Waals surface area contributed by atoms with Crippen LogP contribution in [0.25, 0.3) is 0 Å². The molecule has 0 aliphatic heterocycles. The lowest BCUT2D eigenvalue weighted by Gasteiger charge is -1.59. The summed E-state index contributed by atoms with van der Waals surface area (Å²) in [6, 6.07) is 0. The second kappa shape index (κ2) is 9.44. The van der Waals surface area contributed by atoms with Crippen molar-refractivity contribution in [3.63, 3.8) is 0 Å². The Morgan fingerprint density at radius 3 is 1.71 bits per heavy atom. The average Bonchev–Trinajstić information content (AvgIpc) is 1.33. The molecule has 0 radical (unpaired) electrons. The van der Waals surface area contributed by atoms with Crippen molar-refractivity contribution in [2.45, 2.75) is 0 Å². The Balaban J connectivity index is 0. The molecule has 0 spiro atoms. The fourth-order valence-corrected chi connectivity index (χ4v) is 0. The molecule has 0 fully saturated rings. The van der Waals surface area contributed by atoms with Gasteiger partial charge >= 0.3 is 0 Å². The summed E-state index contributed by atoms with van der Waals surface area (Å²) in [6.45, 7) is 3.13. The molecule has 2 N–H and O–H groups in total. The highest BCUT2D eigenvalue weighted by Crippen LogP contribution is 1.60. The largest absolute Gasteiger partial charge is 0.299 e. The lowest BCUT2D eigenvalue weighted by molar-refractivity contribution is 0.454. The maximum absolute atomic E-state index is 8.67. The molecule has 0 saturated carbocycles. The van der Waals surface area contributed by atoms with Gasteiger partial charge in [-0.25, -0.2) is 0 Å². The molecular formula is C2H5ClO3S. The van der Waals surface area contributed by atoms with E-state index in [1.807, 2.05) is 0 Å². The highest BCUT2D eigenvalue weighted by molar-refractivity contribution is 7.73. The fraction of sp³-hybridized carbons (Fsp3) is 0. The van der Waals surface area contributed by atoms with Gasteiger partial charge in [0, 0.05) is 0 Å². The molecule has 44 valence electrons. The summed E-state index contributed by atoms with van der Waals surface area (Å²) < 4.78 is 22.8. The second-order valence-corrected chi connectivity index (χ2v) is 1.16. The maximum Gasteiger partial charge on any atom is 0.299 e. The van der Waals surface area contributed by atoms with E-state index in [0.29, 0.717) is 0 Å². The van der Waals surface area contributed by atoms with Crippen molar-refractivity contribution in [2.75, 3.05) is 0 Å². The van der Waals surface area contributed by atoms with E-state index in [4.69, 9.17) is 24.9 Å². The van der Waals surface area contributed by atoms with Gasteiger partial charge < -0.3 is 0 Å². The van der Waals surface area contributed by atoms with Gasteiger partial charge in [-0.15, -0.1) is 0 Å². The molecule has 5 heteroatoms. The molecule has 3 nitrogen and oxygen atoms in total. The molecule has 0 amide bonds. The molecule has 0 unspecified atom stereocenters. The normalized spacial score (nSPS) is 6.86. The number of halogens is 1. The van der Waals surface area contributed by atoms with Crippen molar-refractivity contribution < 1.29 is 13.3 Å². The van der Waals surface area contributed by atoms with Crippen LogP contribution in [0.3, 0.4) is 0 Å². The lowest BCUT2D eigenvalue weighted by atomic mass is 11.3. The predicted molar refractivity (Wildman–Crippen MR) is 29.4 cm³/mol. The Morgan fingerprint density at radius 2 is 1.71 bits per heavy atom. The first kappa shape index (κ1) is 10.2. The molecule has 0 aliphatic rings. The van der Waals surface area contributed by atoms with Gasteiger partial charge in [0.15, 0.2) is 0 Å². The minimum absolute atomic E-state index is 1.22. The first-order valence-electron chi connectivity index (χ1n) is 1.16. The molecule has 0 saturated heterocycles. The van der Waals surface area contributed by atoms with Crippen molar-refractivity contribution in [2.24, 2.45) is 0 Å². The van der Waals surface area contributed by atoms with Gasteiger partial charge in [-0.2, -0.15) is 4.21 Å². The van der Waals surface area contributed by atoms with Crippen LogP contribution in [0.4, 0.5) is 0 Å². The Morgan fingerprint density at radius 1 is 1.71 bits per heavy atom. The summed E-state index contributed by atoms with van der Waals surface area (Å²) in [6.07, 6.45) is 0. The number of hydrogen-bond donors (Lipinski definition) is 2. The van der Waals surface area contributed by atoms with Crippen molar-refractivity contribution in [1.82, 2.24) is 0 Å². The van der Waals surface area contributed by atoms with Gasteiger partial charge in [0.05, 0.1) is 0 Å². The van der Waals surface area contributed by atoms with Gasteiger partial charge in [0.25, 0.3) is 11.4 Å². The van der Waals surface area contributed by atoms with Crippen LogP contribution in [0.1, 0.15) is 0 Å². The van der Waals surface area contributed by atoms with Crippen LogP contribution >= 0.6 is 11.6 Å². The topological polar surface area (TPSA) is 57.5 Å². The van der Waals surface area contributed by atoms with Crippen LogP contribution in [-0.4, -0.2) is 13.3 Å². The summed E-state index contributed by atoms with van der Waals surface area (Å²) >= 11 is 2.15. The Kier molecular flexibility index (Phi) is 13.7. The minimum atomic E-state index is -2.61. The fourth-order valence-electron chi connectivity index (χ4n) is 0. The van der Waals surface area contributed by atoms with E-state index in [1.165, 1.54) is 5.54 Å². The molecule has 7 heavy (non-hydrogen) atoms. The molecule has 0 bridgehead atoms. The number of rotatable bonds is 0. The third-order valence-corrected chi connectivity index (χ3v) is 0. The lowest BCUT2D eigenvalue weighted by Crippen LogP contribution is -1.74. The maximum atomic E-state index is 8.67. The molecule has 0 aliphatic carbocycles. The molecule has 0 aromatic rings. The molecular weight excluding hydrogens is 140 g/mol. The molecule has 0 atom stereocenters. The second-order valence-electron chi connectivity index (χ2n) is 0.385. The van der Waals surface area contributed by atoms with E-state index >= 15 is 0 Å². The first-order valence-corrected chi connectivity index (χ1v) is 2.66. The van der Waals surface area contributed by atoms with Gasteiger partial charge in [0.2, 0.25) is 0 Å². The third kappa shape index (κ3) is 10300. The van der Waals surface area contributed by atoms with Crippen molar-refractivity contribution in [3.05, 3.63) is 12.1 Å². The molecule has 0 aromatic carbocycles. The zero-order valence-corrected chi connectivity index (χ0v) is 4.95. The standard InChI is InChI=1S/C2H3Cl.H2O3S/c1-2-3;1-4(2)3/h2H,1H2;(H2,1,2,3). The van der Waals surface area contributed by atoms with Crippen LogP contribution in [-0.2, 0) is 11.4 Å². The summed E-state index contributed by atoms with van der Waals surface area (Å²) in [5.41, 5.74) is 1.22. The summed E-state index contributed by atoms with van der Waals surface area (Å²) in [5.74, 6) is 0. The van der Waals surface area contributed by atoms with E-state index in [2.05, 4.69) is 6.58 Å². The average molecular weight is 145 g/mol. The van der Waals surface area contributed by atoms with E-state index < -0.39 is 11.4 Å². The quantitative estimate of drug-likeness (QED) is 0.500. The van der Waals surface area contributed by atoms with E-state index in [-0.39, 0.29) is 0 Å². The monoisotopic (exact) mass is 144 g/mol. The summed E-state index contributed by atoms with van der Waals surface area (Å²) in [5, 5.41) is 0. The van der Waals surface area contributed by atoms with Gasteiger partial charge in [-0.05, 0) is 5.54 Å². The molecule has 0 heterocycles. The molecule has 0 aromatic heterocycles. The minimum Gasteiger partial charge on any atom is -0.284 e. The Labute approximate surface area is 49.1 Å². The predicted octanol–water partition coefficient (Wildman–Crippen LogP) is 1.05. The van der Waals surface area contributed by atoms with Crippen molar-refractivity contribution >= 4 is 23.0 Å². The van der Waals surface area contributed by atoms with Gasteiger partial charge in [-0.3, -0.25) is 9.11 Å². The Bertz CT molecular complexity index is 60.0. The highest BCUT2D eigenvalue weighted by Gasteiger charge is 1.62. The van der Waals surface area contributed by atoms with Crippen molar-refractivity contribution in [3.8, 4) is 0 Å². The highest BCUT2D eigenvalue weighted by atomic mass is 35.5. The van der Waals surface area contributed by atoms with Gasteiger partial charge in [-0.1, -0.05) is 18.2 Å².